The maximum absolute atomic E-state index is 12.2. The quantitative estimate of drug-likeness (QED) is 0.782. The summed E-state index contributed by atoms with van der Waals surface area (Å²) in [6, 6.07) is 14.7. The van der Waals surface area contributed by atoms with Crippen molar-refractivity contribution in [3.05, 3.63) is 53.6 Å². The summed E-state index contributed by atoms with van der Waals surface area (Å²) in [7, 11) is 0. The van der Waals surface area contributed by atoms with Gasteiger partial charge in [-0.3, -0.25) is 4.79 Å². The van der Waals surface area contributed by atoms with Gasteiger partial charge < -0.3 is 15.4 Å². The monoisotopic (exact) mass is 308 g/mol. The van der Waals surface area contributed by atoms with Gasteiger partial charge in [0, 0.05) is 18.8 Å². The maximum Gasteiger partial charge on any atom is 0.227 e. The molecule has 2 aliphatic rings. The van der Waals surface area contributed by atoms with E-state index in [9.17, 15) is 4.79 Å². The Morgan fingerprint density at radius 2 is 2.04 bits per heavy atom. The molecule has 1 aliphatic heterocycles. The van der Waals surface area contributed by atoms with Gasteiger partial charge in [0.15, 0.2) is 0 Å². The van der Waals surface area contributed by atoms with Gasteiger partial charge in [-0.2, -0.15) is 0 Å². The molecule has 4 rings (SSSR count). The fraction of sp³-hybridized carbons (Fsp3) is 0.316. The van der Waals surface area contributed by atoms with E-state index in [1.807, 2.05) is 6.07 Å². The third kappa shape index (κ3) is 3.00. The van der Waals surface area contributed by atoms with Crippen LogP contribution in [0.4, 0.5) is 5.69 Å². The largest absolute Gasteiger partial charge is 0.375 e. The van der Waals surface area contributed by atoms with Crippen molar-refractivity contribution in [3.8, 4) is 11.1 Å². The highest BCUT2D eigenvalue weighted by Crippen LogP contribution is 2.37. The minimum absolute atomic E-state index is 0.00848. The van der Waals surface area contributed by atoms with E-state index in [1.165, 1.54) is 22.3 Å². The van der Waals surface area contributed by atoms with Gasteiger partial charge in [0.05, 0.1) is 19.1 Å². The van der Waals surface area contributed by atoms with Crippen LogP contribution >= 0.6 is 0 Å². The normalized spacial score (nSPS) is 19.0. The van der Waals surface area contributed by atoms with Gasteiger partial charge in [-0.1, -0.05) is 30.3 Å². The van der Waals surface area contributed by atoms with Crippen molar-refractivity contribution in [2.45, 2.75) is 18.9 Å². The Labute approximate surface area is 135 Å². The number of fused-ring (bicyclic) bond motifs is 3. The predicted octanol–water partition coefficient (Wildman–Crippen LogP) is 2.57. The standard InChI is InChI=1S/C19H20N2O2/c22-19(11-16-12-20-7-8-23-16)21-15-5-6-18-14(10-15)9-13-3-1-2-4-17(13)18/h1-6,10,16,20H,7-9,11-12H2,(H,21,22). The van der Waals surface area contributed by atoms with Crippen LogP contribution in [0, 0.1) is 0 Å². The first-order chi connectivity index (χ1) is 11.3. The summed E-state index contributed by atoms with van der Waals surface area (Å²) in [4.78, 5) is 12.2. The van der Waals surface area contributed by atoms with Crippen LogP contribution in [0.15, 0.2) is 42.5 Å². The van der Waals surface area contributed by atoms with E-state index in [2.05, 4.69) is 47.0 Å². The molecule has 2 aromatic rings. The molecular formula is C19H20N2O2. The minimum Gasteiger partial charge on any atom is -0.375 e. The van der Waals surface area contributed by atoms with E-state index in [0.29, 0.717) is 13.0 Å². The molecule has 1 saturated heterocycles. The molecule has 1 unspecified atom stereocenters. The highest BCUT2D eigenvalue weighted by Gasteiger charge is 2.20. The number of benzene rings is 2. The van der Waals surface area contributed by atoms with Crippen LogP contribution in [-0.2, 0) is 16.0 Å². The topological polar surface area (TPSA) is 50.4 Å². The Bertz CT molecular complexity index is 736. The number of nitrogens with one attached hydrogen (secondary N) is 2. The molecule has 1 amide bonds. The lowest BCUT2D eigenvalue weighted by atomic mass is 10.1. The second-order valence-corrected chi connectivity index (χ2v) is 6.16. The van der Waals surface area contributed by atoms with E-state index in [0.717, 1.165) is 25.2 Å². The number of carbonyl (C=O) groups is 1. The molecule has 118 valence electrons. The van der Waals surface area contributed by atoms with Crippen molar-refractivity contribution >= 4 is 11.6 Å². The molecular weight excluding hydrogens is 288 g/mol. The second kappa shape index (κ2) is 6.14. The molecule has 0 spiro atoms. The molecule has 4 nitrogen and oxygen atoms in total. The fourth-order valence-corrected chi connectivity index (χ4v) is 3.39. The summed E-state index contributed by atoms with van der Waals surface area (Å²) in [6.07, 6.45) is 1.30. The molecule has 1 aliphatic carbocycles. The van der Waals surface area contributed by atoms with Crippen LogP contribution in [-0.4, -0.2) is 31.7 Å². The third-order valence-corrected chi connectivity index (χ3v) is 4.49. The van der Waals surface area contributed by atoms with Gasteiger partial charge in [0.2, 0.25) is 5.91 Å². The van der Waals surface area contributed by atoms with Crippen molar-refractivity contribution in [2.75, 3.05) is 25.0 Å². The van der Waals surface area contributed by atoms with Crippen molar-refractivity contribution < 1.29 is 9.53 Å². The molecule has 0 aromatic heterocycles. The smallest absolute Gasteiger partial charge is 0.227 e. The van der Waals surface area contributed by atoms with Gasteiger partial charge in [0.1, 0.15) is 0 Å². The summed E-state index contributed by atoms with van der Waals surface area (Å²) in [6.45, 7) is 2.28. The Morgan fingerprint density at radius 3 is 2.91 bits per heavy atom. The number of carbonyl (C=O) groups excluding carboxylic acids is 1. The van der Waals surface area contributed by atoms with Crippen LogP contribution in [0.25, 0.3) is 11.1 Å². The van der Waals surface area contributed by atoms with Gasteiger partial charge in [-0.05, 0) is 40.8 Å². The molecule has 4 heteroatoms. The van der Waals surface area contributed by atoms with E-state index < -0.39 is 0 Å². The summed E-state index contributed by atoms with van der Waals surface area (Å²) < 4.78 is 5.58. The SMILES string of the molecule is O=C(CC1CNCCO1)Nc1ccc2c(c1)Cc1ccccc1-2. The number of hydrogen-bond donors (Lipinski definition) is 2. The lowest BCUT2D eigenvalue weighted by Crippen LogP contribution is -2.40. The summed E-state index contributed by atoms with van der Waals surface area (Å²) in [5.74, 6) is 0.00848. The average Bonchev–Trinajstić information content (AvgIpc) is 2.93. The van der Waals surface area contributed by atoms with E-state index >= 15 is 0 Å². The Kier molecular flexibility index (Phi) is 3.85. The van der Waals surface area contributed by atoms with Crippen LogP contribution in [0.5, 0.6) is 0 Å². The molecule has 2 N–H and O–H groups in total. The van der Waals surface area contributed by atoms with Crippen LogP contribution in [0.2, 0.25) is 0 Å². The second-order valence-electron chi connectivity index (χ2n) is 6.16. The van der Waals surface area contributed by atoms with Crippen molar-refractivity contribution in [1.82, 2.24) is 5.32 Å². The molecule has 0 radical (unpaired) electrons. The van der Waals surface area contributed by atoms with Gasteiger partial charge in [-0.15, -0.1) is 0 Å². The number of rotatable bonds is 3. The van der Waals surface area contributed by atoms with E-state index in [1.54, 1.807) is 0 Å². The molecule has 1 fully saturated rings. The molecule has 23 heavy (non-hydrogen) atoms. The summed E-state index contributed by atoms with van der Waals surface area (Å²) >= 11 is 0. The maximum atomic E-state index is 12.2. The number of amides is 1. The van der Waals surface area contributed by atoms with Crippen LogP contribution in [0.3, 0.4) is 0 Å². The Hall–Kier alpha value is -2.17. The molecule has 1 heterocycles. The van der Waals surface area contributed by atoms with Gasteiger partial charge in [0.25, 0.3) is 0 Å². The first-order valence-electron chi connectivity index (χ1n) is 8.13. The highest BCUT2D eigenvalue weighted by molar-refractivity contribution is 5.92. The minimum atomic E-state index is -0.0255. The number of morpholine rings is 1. The number of anilines is 1. The van der Waals surface area contributed by atoms with Crippen LogP contribution < -0.4 is 10.6 Å². The molecule has 0 saturated carbocycles. The summed E-state index contributed by atoms with van der Waals surface area (Å²) in [5, 5.41) is 6.24. The van der Waals surface area contributed by atoms with Crippen molar-refractivity contribution in [2.24, 2.45) is 0 Å². The lowest BCUT2D eigenvalue weighted by molar-refractivity contribution is -0.119. The van der Waals surface area contributed by atoms with Gasteiger partial charge in [-0.25, -0.2) is 0 Å². The molecule has 2 aromatic carbocycles. The summed E-state index contributed by atoms with van der Waals surface area (Å²) in [5.41, 5.74) is 6.08. The van der Waals surface area contributed by atoms with Crippen LogP contribution in [0.1, 0.15) is 17.5 Å². The first-order valence-corrected chi connectivity index (χ1v) is 8.13. The molecule has 0 bridgehead atoms. The van der Waals surface area contributed by atoms with E-state index in [-0.39, 0.29) is 12.0 Å². The average molecular weight is 308 g/mol. The van der Waals surface area contributed by atoms with Gasteiger partial charge >= 0.3 is 0 Å². The Balaban J connectivity index is 1.45. The predicted molar refractivity (Wildman–Crippen MR) is 90.5 cm³/mol. The zero-order valence-electron chi connectivity index (χ0n) is 13.0. The first kappa shape index (κ1) is 14.4. The van der Waals surface area contributed by atoms with Crippen molar-refractivity contribution in [3.63, 3.8) is 0 Å². The molecule has 1 atom stereocenters. The Morgan fingerprint density at radius 1 is 1.17 bits per heavy atom. The zero-order valence-corrected chi connectivity index (χ0v) is 13.0. The fourth-order valence-electron chi connectivity index (χ4n) is 3.39. The zero-order chi connectivity index (χ0) is 15.6. The lowest BCUT2D eigenvalue weighted by Gasteiger charge is -2.23. The van der Waals surface area contributed by atoms with Crippen molar-refractivity contribution in [1.29, 1.82) is 0 Å². The number of hydrogen-bond acceptors (Lipinski definition) is 3. The highest BCUT2D eigenvalue weighted by atomic mass is 16.5. The number of ether oxygens (including phenoxy) is 1. The third-order valence-electron chi connectivity index (χ3n) is 4.49. The van der Waals surface area contributed by atoms with E-state index in [4.69, 9.17) is 4.74 Å².